The molecular weight excluding hydrogens is 554 g/mol. The number of nitrogens with two attached hydrogens (primary N) is 3. The van der Waals surface area contributed by atoms with Gasteiger partial charge in [-0.05, 0) is 48.4 Å². The molecule has 0 heterocycles. The lowest BCUT2D eigenvalue weighted by Crippen LogP contribution is -2.58. The summed E-state index contributed by atoms with van der Waals surface area (Å²) in [5.74, 6) is -3.11. The zero-order valence-electron chi connectivity index (χ0n) is 24.5. The van der Waals surface area contributed by atoms with Crippen molar-refractivity contribution in [2.75, 3.05) is 6.54 Å². The lowest BCUT2D eigenvalue weighted by molar-refractivity contribution is -0.142. The minimum atomic E-state index is -1.27. The standard InChI is InChI=1S/C30H43N7O6/c1-18(2)15-22(31)26(39)35-23(9-6-14-34-30(32)33)27(40)36-24(16-20-10-12-21(38)13-11-20)28(41)37-25(29(42)43)17-19-7-4-3-5-8-19/h3-5,7-8,10-13,18,22-25,38H,6,9,14-17,31H2,1-2H3,(H,35,39)(H,36,40)(H,37,41)(H,42,43)(H4,32,33,34). The third-order valence-electron chi connectivity index (χ3n) is 6.55. The number of phenolic OH excluding ortho intramolecular Hbond substituents is 1. The van der Waals surface area contributed by atoms with E-state index in [0.717, 1.165) is 0 Å². The van der Waals surface area contributed by atoms with Crippen molar-refractivity contribution in [1.82, 2.24) is 16.0 Å². The number of hydrogen-bond donors (Lipinski definition) is 8. The number of carboxylic acid groups (broad SMARTS) is 1. The predicted molar refractivity (Wildman–Crippen MR) is 163 cm³/mol. The summed E-state index contributed by atoms with van der Waals surface area (Å²) < 4.78 is 0. The monoisotopic (exact) mass is 597 g/mol. The number of phenols is 1. The van der Waals surface area contributed by atoms with Gasteiger partial charge in [0.05, 0.1) is 6.04 Å². The van der Waals surface area contributed by atoms with Gasteiger partial charge in [-0.25, -0.2) is 4.79 Å². The molecule has 2 aromatic carbocycles. The maximum atomic E-state index is 13.5. The van der Waals surface area contributed by atoms with Crippen molar-refractivity contribution < 1.29 is 29.4 Å². The number of amides is 3. The van der Waals surface area contributed by atoms with Crippen LogP contribution < -0.4 is 33.2 Å². The number of nitrogens with one attached hydrogen (secondary N) is 3. The average Bonchev–Trinajstić information content (AvgIpc) is 2.94. The van der Waals surface area contributed by atoms with Crippen LogP contribution in [0.3, 0.4) is 0 Å². The summed E-state index contributed by atoms with van der Waals surface area (Å²) in [6, 6.07) is 10.5. The van der Waals surface area contributed by atoms with E-state index < -0.39 is 47.9 Å². The highest BCUT2D eigenvalue weighted by Gasteiger charge is 2.30. The molecule has 0 bridgehead atoms. The van der Waals surface area contributed by atoms with Crippen LogP contribution in [0.15, 0.2) is 59.6 Å². The number of carbonyl (C=O) groups excluding carboxylic acids is 3. The lowest BCUT2D eigenvalue weighted by atomic mass is 10.0. The van der Waals surface area contributed by atoms with Gasteiger partial charge in [0.15, 0.2) is 5.96 Å². The van der Waals surface area contributed by atoms with Gasteiger partial charge >= 0.3 is 5.97 Å². The van der Waals surface area contributed by atoms with E-state index in [9.17, 15) is 29.4 Å². The molecular formula is C30H43N7O6. The Hall–Kier alpha value is -4.65. The molecule has 0 aliphatic rings. The molecule has 0 aromatic heterocycles. The molecule has 0 fully saturated rings. The zero-order chi connectivity index (χ0) is 31.9. The molecule has 43 heavy (non-hydrogen) atoms. The Labute approximate surface area is 251 Å². The van der Waals surface area contributed by atoms with E-state index >= 15 is 0 Å². The third kappa shape index (κ3) is 12.8. The maximum absolute atomic E-state index is 13.5. The fourth-order valence-corrected chi connectivity index (χ4v) is 4.34. The Morgan fingerprint density at radius 3 is 1.91 bits per heavy atom. The van der Waals surface area contributed by atoms with Crippen LogP contribution in [0.5, 0.6) is 5.75 Å². The highest BCUT2D eigenvalue weighted by atomic mass is 16.4. The van der Waals surface area contributed by atoms with Crippen LogP contribution in [0.4, 0.5) is 0 Å². The fraction of sp³-hybridized carbons (Fsp3) is 0.433. The molecule has 0 saturated heterocycles. The second kappa shape index (κ2) is 17.3. The Balaban J connectivity index is 2.28. The van der Waals surface area contributed by atoms with Gasteiger partial charge in [-0.15, -0.1) is 0 Å². The molecule has 0 aliphatic heterocycles. The molecule has 2 rings (SSSR count). The van der Waals surface area contributed by atoms with Crippen LogP contribution in [0.2, 0.25) is 0 Å². The Morgan fingerprint density at radius 2 is 1.33 bits per heavy atom. The van der Waals surface area contributed by atoms with Crippen molar-refractivity contribution in [1.29, 1.82) is 0 Å². The number of carboxylic acids is 1. The van der Waals surface area contributed by atoms with Gasteiger partial charge in [0.25, 0.3) is 0 Å². The number of guanidine groups is 1. The summed E-state index contributed by atoms with van der Waals surface area (Å²) in [4.78, 5) is 55.8. The molecule has 234 valence electrons. The molecule has 2 aromatic rings. The number of nitrogens with zero attached hydrogens (tertiary/aromatic N) is 1. The summed E-state index contributed by atoms with van der Waals surface area (Å²) >= 11 is 0. The summed E-state index contributed by atoms with van der Waals surface area (Å²) in [6.45, 7) is 4.04. The van der Waals surface area contributed by atoms with E-state index in [0.29, 0.717) is 24.0 Å². The first kappa shape index (κ1) is 34.6. The van der Waals surface area contributed by atoms with Crippen LogP contribution in [0.1, 0.15) is 44.2 Å². The maximum Gasteiger partial charge on any atom is 0.326 e. The minimum absolute atomic E-state index is 0.0168. The lowest BCUT2D eigenvalue weighted by Gasteiger charge is -2.25. The molecule has 3 amide bonds. The van der Waals surface area contributed by atoms with Gasteiger partial charge in [0, 0.05) is 19.4 Å². The summed E-state index contributed by atoms with van der Waals surface area (Å²) in [7, 11) is 0. The molecule has 0 aliphatic carbocycles. The molecule has 0 spiro atoms. The number of benzene rings is 2. The molecule has 4 unspecified atom stereocenters. The molecule has 13 nitrogen and oxygen atoms in total. The number of hydrogen-bond acceptors (Lipinski definition) is 7. The first-order chi connectivity index (χ1) is 20.3. The number of rotatable bonds is 17. The second-order valence-electron chi connectivity index (χ2n) is 10.8. The molecule has 13 heteroatoms. The molecule has 11 N–H and O–H groups in total. The highest BCUT2D eigenvalue weighted by Crippen LogP contribution is 2.13. The van der Waals surface area contributed by atoms with Gasteiger partial charge in [0.2, 0.25) is 17.7 Å². The predicted octanol–water partition coefficient (Wildman–Crippen LogP) is 0.143. The molecule has 4 atom stereocenters. The SMILES string of the molecule is CC(C)CC(N)C(=O)NC(CCCN=C(N)N)C(=O)NC(Cc1ccc(O)cc1)C(=O)NC(Cc1ccccc1)C(=O)O. The van der Waals surface area contributed by atoms with Crippen LogP contribution in [-0.2, 0) is 32.0 Å². The van der Waals surface area contributed by atoms with Gasteiger partial charge in [-0.2, -0.15) is 0 Å². The van der Waals surface area contributed by atoms with Gasteiger partial charge < -0.3 is 43.4 Å². The average molecular weight is 598 g/mol. The topological polar surface area (TPSA) is 235 Å². The third-order valence-corrected chi connectivity index (χ3v) is 6.55. The van der Waals surface area contributed by atoms with Crippen molar-refractivity contribution in [2.45, 2.75) is 70.1 Å². The zero-order valence-corrected chi connectivity index (χ0v) is 24.5. The van der Waals surface area contributed by atoms with Crippen LogP contribution in [0.25, 0.3) is 0 Å². The summed E-state index contributed by atoms with van der Waals surface area (Å²) in [6.07, 6.45) is 0.888. The first-order valence-corrected chi connectivity index (χ1v) is 14.1. The van der Waals surface area contributed by atoms with Gasteiger partial charge in [0.1, 0.15) is 23.9 Å². The van der Waals surface area contributed by atoms with Gasteiger partial charge in [-0.3, -0.25) is 19.4 Å². The quantitative estimate of drug-likeness (QED) is 0.0702. The van der Waals surface area contributed by atoms with Crippen molar-refractivity contribution in [3.05, 3.63) is 65.7 Å². The Bertz CT molecular complexity index is 1230. The number of aliphatic imine (C=N–C) groups is 1. The van der Waals surface area contributed by atoms with E-state index in [1.807, 2.05) is 13.8 Å². The van der Waals surface area contributed by atoms with E-state index in [1.165, 1.54) is 12.1 Å². The number of carbonyl (C=O) groups is 4. The van der Waals surface area contributed by atoms with Crippen molar-refractivity contribution in [3.63, 3.8) is 0 Å². The first-order valence-electron chi connectivity index (χ1n) is 14.1. The number of aromatic hydroxyl groups is 1. The van der Waals surface area contributed by atoms with Crippen LogP contribution in [-0.4, -0.2) is 70.6 Å². The van der Waals surface area contributed by atoms with E-state index in [1.54, 1.807) is 42.5 Å². The second-order valence-corrected chi connectivity index (χ2v) is 10.8. The Morgan fingerprint density at radius 1 is 0.791 bits per heavy atom. The minimum Gasteiger partial charge on any atom is -0.508 e. The normalized spacial score (nSPS) is 13.7. The van der Waals surface area contributed by atoms with Crippen molar-refractivity contribution in [3.8, 4) is 5.75 Å². The van der Waals surface area contributed by atoms with Gasteiger partial charge in [-0.1, -0.05) is 56.3 Å². The van der Waals surface area contributed by atoms with Crippen LogP contribution in [0, 0.1) is 5.92 Å². The Kier molecular flexibility index (Phi) is 13.9. The summed E-state index contributed by atoms with van der Waals surface area (Å²) in [5, 5.41) is 27.4. The van der Waals surface area contributed by atoms with Crippen molar-refractivity contribution >= 4 is 29.7 Å². The van der Waals surface area contributed by atoms with E-state index in [4.69, 9.17) is 17.2 Å². The highest BCUT2D eigenvalue weighted by molar-refractivity contribution is 5.94. The smallest absolute Gasteiger partial charge is 0.326 e. The molecule has 0 saturated carbocycles. The fourth-order valence-electron chi connectivity index (χ4n) is 4.34. The van der Waals surface area contributed by atoms with Crippen LogP contribution >= 0.6 is 0 Å². The number of aliphatic carboxylic acids is 1. The van der Waals surface area contributed by atoms with E-state index in [2.05, 4.69) is 20.9 Å². The molecule has 0 radical (unpaired) electrons. The summed E-state index contributed by atoms with van der Waals surface area (Å²) in [5.41, 5.74) is 18.1. The van der Waals surface area contributed by atoms with E-state index in [-0.39, 0.29) is 43.4 Å². The van der Waals surface area contributed by atoms with Crippen molar-refractivity contribution in [2.24, 2.45) is 28.1 Å². The largest absolute Gasteiger partial charge is 0.508 e.